The van der Waals surface area contributed by atoms with Gasteiger partial charge in [-0.05, 0) is 36.3 Å². The summed E-state index contributed by atoms with van der Waals surface area (Å²) >= 11 is 6.60. The van der Waals surface area contributed by atoms with Crippen LogP contribution in [-0.4, -0.2) is 49.0 Å². The SMILES string of the molecule is CCOC(=O)C(c1ccccc1)N1C(=O)/C(=C/c2cc(OC)c(OC)c(OC)c2)SC1=S. The number of amides is 1. The van der Waals surface area contributed by atoms with Crippen LogP contribution in [0.15, 0.2) is 47.4 Å². The summed E-state index contributed by atoms with van der Waals surface area (Å²) in [6, 6.07) is 11.5. The third kappa shape index (κ3) is 4.73. The van der Waals surface area contributed by atoms with E-state index in [1.54, 1.807) is 49.4 Å². The first kappa shape index (κ1) is 23.6. The Bertz CT molecular complexity index is 1030. The van der Waals surface area contributed by atoms with E-state index in [9.17, 15) is 9.59 Å². The Balaban J connectivity index is 2.01. The van der Waals surface area contributed by atoms with Crippen LogP contribution in [-0.2, 0) is 14.3 Å². The van der Waals surface area contributed by atoms with Crippen LogP contribution in [0.3, 0.4) is 0 Å². The number of thiocarbonyl (C=S) groups is 1. The van der Waals surface area contributed by atoms with Gasteiger partial charge in [0.15, 0.2) is 17.5 Å². The van der Waals surface area contributed by atoms with Crippen molar-refractivity contribution in [3.05, 3.63) is 58.5 Å². The Labute approximate surface area is 196 Å². The number of esters is 1. The average molecular weight is 474 g/mol. The van der Waals surface area contributed by atoms with Crippen molar-refractivity contribution in [2.75, 3.05) is 27.9 Å². The second-order valence-corrected chi connectivity index (χ2v) is 8.25. The van der Waals surface area contributed by atoms with Crippen molar-refractivity contribution in [2.24, 2.45) is 0 Å². The topological polar surface area (TPSA) is 74.3 Å². The van der Waals surface area contributed by atoms with Crippen molar-refractivity contribution in [1.82, 2.24) is 4.90 Å². The number of thioether (sulfide) groups is 1. The van der Waals surface area contributed by atoms with Crippen LogP contribution in [0.2, 0.25) is 0 Å². The van der Waals surface area contributed by atoms with Gasteiger partial charge in [0.2, 0.25) is 5.75 Å². The van der Waals surface area contributed by atoms with Gasteiger partial charge in [-0.1, -0.05) is 54.3 Å². The van der Waals surface area contributed by atoms with Crippen molar-refractivity contribution >= 4 is 46.3 Å². The fraction of sp³-hybridized carbons (Fsp3) is 0.261. The fourth-order valence-electron chi connectivity index (χ4n) is 3.29. The van der Waals surface area contributed by atoms with Gasteiger partial charge < -0.3 is 18.9 Å². The molecule has 32 heavy (non-hydrogen) atoms. The van der Waals surface area contributed by atoms with Gasteiger partial charge in [-0.15, -0.1) is 0 Å². The Morgan fingerprint density at radius 3 is 2.25 bits per heavy atom. The van der Waals surface area contributed by atoms with E-state index in [4.69, 9.17) is 31.2 Å². The highest BCUT2D eigenvalue weighted by Crippen LogP contribution is 2.42. The number of methoxy groups -OCH3 is 3. The molecule has 3 rings (SSSR count). The maximum atomic E-state index is 13.3. The highest BCUT2D eigenvalue weighted by atomic mass is 32.2. The minimum Gasteiger partial charge on any atom is -0.493 e. The van der Waals surface area contributed by atoms with Crippen molar-refractivity contribution in [3.63, 3.8) is 0 Å². The van der Waals surface area contributed by atoms with Gasteiger partial charge >= 0.3 is 5.97 Å². The summed E-state index contributed by atoms with van der Waals surface area (Å²) in [6.07, 6.45) is 1.68. The number of hydrogen-bond acceptors (Lipinski definition) is 8. The maximum absolute atomic E-state index is 13.3. The minimum absolute atomic E-state index is 0.193. The average Bonchev–Trinajstić information content (AvgIpc) is 3.07. The molecule has 2 aromatic carbocycles. The molecule has 0 bridgehead atoms. The molecule has 0 spiro atoms. The monoisotopic (exact) mass is 473 g/mol. The Morgan fingerprint density at radius 1 is 1.09 bits per heavy atom. The molecule has 168 valence electrons. The number of nitrogens with zero attached hydrogens (tertiary/aromatic N) is 1. The first-order chi connectivity index (χ1) is 15.4. The van der Waals surface area contributed by atoms with Gasteiger partial charge in [0, 0.05) is 0 Å². The molecule has 1 unspecified atom stereocenters. The number of benzene rings is 2. The van der Waals surface area contributed by atoms with Crippen LogP contribution in [0.1, 0.15) is 24.1 Å². The standard InChI is InChI=1S/C23H23NO6S2/c1-5-30-22(26)19(15-9-7-6-8-10-15)24-21(25)18(32-23(24)31)13-14-11-16(27-2)20(29-4)17(12-14)28-3/h6-13,19H,5H2,1-4H3/b18-13-. The van der Waals surface area contributed by atoms with Crippen LogP contribution in [0.5, 0.6) is 17.2 Å². The lowest BCUT2D eigenvalue weighted by Gasteiger charge is -2.25. The molecule has 1 aliphatic heterocycles. The number of carbonyl (C=O) groups excluding carboxylic acids is 2. The van der Waals surface area contributed by atoms with Crippen LogP contribution in [0.4, 0.5) is 0 Å². The Morgan fingerprint density at radius 2 is 1.72 bits per heavy atom. The molecular weight excluding hydrogens is 450 g/mol. The Kier molecular flexibility index (Phi) is 7.76. The molecule has 0 radical (unpaired) electrons. The number of rotatable bonds is 8. The smallest absolute Gasteiger partial charge is 0.333 e. The van der Waals surface area contributed by atoms with E-state index in [2.05, 4.69) is 0 Å². The molecule has 1 atom stereocenters. The minimum atomic E-state index is -0.963. The zero-order valence-electron chi connectivity index (χ0n) is 18.1. The summed E-state index contributed by atoms with van der Waals surface area (Å²) in [5.74, 6) is 0.454. The van der Waals surface area contributed by atoms with Crippen LogP contribution < -0.4 is 14.2 Å². The molecule has 1 amide bonds. The molecule has 7 nitrogen and oxygen atoms in total. The molecule has 9 heteroatoms. The molecule has 0 aromatic heterocycles. The zero-order valence-corrected chi connectivity index (χ0v) is 19.7. The second-order valence-electron chi connectivity index (χ2n) is 6.58. The van der Waals surface area contributed by atoms with E-state index >= 15 is 0 Å². The van der Waals surface area contributed by atoms with Gasteiger partial charge in [0.1, 0.15) is 4.32 Å². The van der Waals surface area contributed by atoms with E-state index in [0.29, 0.717) is 33.3 Å². The maximum Gasteiger partial charge on any atom is 0.333 e. The number of carbonyl (C=O) groups is 2. The third-order valence-electron chi connectivity index (χ3n) is 4.69. The predicted octanol–water partition coefficient (Wildman–Crippen LogP) is 4.22. The van der Waals surface area contributed by atoms with Crippen LogP contribution in [0, 0.1) is 0 Å². The van der Waals surface area contributed by atoms with Crippen LogP contribution in [0.25, 0.3) is 6.08 Å². The Hall–Kier alpha value is -3.04. The van der Waals surface area contributed by atoms with E-state index in [1.165, 1.54) is 26.2 Å². The lowest BCUT2D eigenvalue weighted by Crippen LogP contribution is -2.38. The summed E-state index contributed by atoms with van der Waals surface area (Å²) in [5, 5.41) is 0. The normalized spacial score (nSPS) is 15.6. The van der Waals surface area contributed by atoms with Gasteiger partial charge in [-0.3, -0.25) is 9.69 Å². The predicted molar refractivity (Wildman–Crippen MR) is 127 cm³/mol. The molecule has 0 aliphatic carbocycles. The quantitative estimate of drug-likeness (QED) is 0.321. The first-order valence-corrected chi connectivity index (χ1v) is 11.0. The summed E-state index contributed by atoms with van der Waals surface area (Å²) in [5.41, 5.74) is 1.28. The largest absolute Gasteiger partial charge is 0.493 e. The van der Waals surface area contributed by atoms with Gasteiger partial charge in [0.25, 0.3) is 5.91 Å². The molecule has 1 aliphatic rings. The summed E-state index contributed by atoms with van der Waals surface area (Å²) < 4.78 is 21.6. The first-order valence-electron chi connectivity index (χ1n) is 9.73. The van der Waals surface area contributed by atoms with E-state index in [1.807, 2.05) is 6.07 Å². The van der Waals surface area contributed by atoms with E-state index in [-0.39, 0.29) is 16.8 Å². The lowest BCUT2D eigenvalue weighted by atomic mass is 10.1. The van der Waals surface area contributed by atoms with Crippen molar-refractivity contribution in [3.8, 4) is 17.2 Å². The molecule has 1 saturated heterocycles. The summed E-state index contributed by atoms with van der Waals surface area (Å²) in [4.78, 5) is 27.8. The third-order valence-corrected chi connectivity index (χ3v) is 6.02. The van der Waals surface area contributed by atoms with Crippen LogP contribution >= 0.6 is 24.0 Å². The van der Waals surface area contributed by atoms with E-state index in [0.717, 1.165) is 11.8 Å². The van der Waals surface area contributed by atoms with Crippen molar-refractivity contribution in [2.45, 2.75) is 13.0 Å². The molecule has 1 heterocycles. The summed E-state index contributed by atoms with van der Waals surface area (Å²) in [6.45, 7) is 1.91. The number of hydrogen-bond donors (Lipinski definition) is 0. The van der Waals surface area contributed by atoms with Crippen molar-refractivity contribution in [1.29, 1.82) is 0 Å². The molecular formula is C23H23NO6S2. The fourth-order valence-corrected chi connectivity index (χ4v) is 4.60. The lowest BCUT2D eigenvalue weighted by molar-refractivity contribution is -0.151. The molecule has 0 saturated carbocycles. The zero-order chi connectivity index (χ0) is 23.3. The molecule has 0 N–H and O–H groups in total. The van der Waals surface area contributed by atoms with Crippen molar-refractivity contribution < 1.29 is 28.5 Å². The van der Waals surface area contributed by atoms with Gasteiger partial charge in [0.05, 0.1) is 32.8 Å². The highest BCUT2D eigenvalue weighted by Gasteiger charge is 2.42. The molecule has 1 fully saturated rings. The van der Waals surface area contributed by atoms with E-state index < -0.39 is 12.0 Å². The van der Waals surface area contributed by atoms with Gasteiger partial charge in [-0.2, -0.15) is 0 Å². The molecule has 2 aromatic rings. The second kappa shape index (κ2) is 10.5. The van der Waals surface area contributed by atoms with Gasteiger partial charge in [-0.25, -0.2) is 4.79 Å². The summed E-state index contributed by atoms with van der Waals surface area (Å²) in [7, 11) is 4.55. The highest BCUT2D eigenvalue weighted by molar-refractivity contribution is 8.26. The number of ether oxygens (including phenoxy) is 4.